The van der Waals surface area contributed by atoms with Crippen molar-refractivity contribution in [3.05, 3.63) is 72.1 Å². The van der Waals surface area contributed by atoms with Gasteiger partial charge in [-0.15, -0.1) is 0 Å². The Morgan fingerprint density at radius 1 is 1.03 bits per heavy atom. The molecule has 156 valence electrons. The van der Waals surface area contributed by atoms with Gasteiger partial charge in [0.15, 0.2) is 0 Å². The highest BCUT2D eigenvalue weighted by atomic mass is 19.1. The van der Waals surface area contributed by atoms with Gasteiger partial charge in [0.05, 0.1) is 6.61 Å². The number of ether oxygens (including phenoxy) is 2. The molecular weight excluding hydrogens is 394 g/mol. The van der Waals surface area contributed by atoms with Crippen LogP contribution in [0.2, 0.25) is 0 Å². The van der Waals surface area contributed by atoms with Crippen LogP contribution in [-0.4, -0.2) is 29.2 Å². The fourth-order valence-electron chi connectivity index (χ4n) is 2.56. The van der Waals surface area contributed by atoms with Gasteiger partial charge < -0.3 is 20.1 Å². The molecule has 0 aliphatic heterocycles. The first-order valence-electron chi connectivity index (χ1n) is 9.12. The fraction of sp³-hybridized carbons (Fsp3) is 0.190. The third kappa shape index (κ3) is 6.78. The highest BCUT2D eigenvalue weighted by Crippen LogP contribution is 2.22. The Hall–Kier alpha value is -3.59. The number of halogens is 2. The number of hydrogen-bond donors (Lipinski definition) is 2. The van der Waals surface area contributed by atoms with Gasteiger partial charge in [-0.1, -0.05) is 0 Å². The largest absolute Gasteiger partial charge is 0.439 e. The molecule has 0 aliphatic rings. The normalized spacial score (nSPS) is 10.5. The summed E-state index contributed by atoms with van der Waals surface area (Å²) in [6.07, 6.45) is 1.70. The lowest BCUT2D eigenvalue weighted by Gasteiger charge is -2.10. The number of amides is 1. The Kier molecular flexibility index (Phi) is 7.23. The van der Waals surface area contributed by atoms with Crippen LogP contribution in [-0.2, 0) is 16.0 Å². The number of nitrogens with one attached hydrogen (secondary N) is 2. The molecule has 9 heteroatoms. The minimum atomic E-state index is -0.598. The maximum absolute atomic E-state index is 13.1. The average molecular weight is 414 g/mol. The minimum Gasteiger partial charge on any atom is -0.439 e. The van der Waals surface area contributed by atoms with E-state index in [1.165, 1.54) is 31.5 Å². The number of nitrogens with zero attached hydrogens (tertiary/aromatic N) is 2. The lowest BCUT2D eigenvalue weighted by molar-refractivity contribution is -0.114. The molecule has 0 bridgehead atoms. The number of rotatable bonds is 9. The maximum Gasteiger partial charge on any atom is 0.224 e. The van der Waals surface area contributed by atoms with E-state index in [4.69, 9.17) is 9.47 Å². The molecule has 30 heavy (non-hydrogen) atoms. The molecule has 0 saturated heterocycles. The van der Waals surface area contributed by atoms with E-state index in [2.05, 4.69) is 20.6 Å². The van der Waals surface area contributed by atoms with Crippen LogP contribution in [0.25, 0.3) is 0 Å². The van der Waals surface area contributed by atoms with E-state index < -0.39 is 11.6 Å². The summed E-state index contributed by atoms with van der Waals surface area (Å²) in [6.45, 7) is 1.95. The molecule has 0 fully saturated rings. The summed E-state index contributed by atoms with van der Waals surface area (Å²) in [5.74, 6) is -0.226. The number of aromatic nitrogens is 2. The van der Waals surface area contributed by atoms with Gasteiger partial charge in [-0.25, -0.2) is 18.7 Å². The van der Waals surface area contributed by atoms with E-state index in [1.807, 2.05) is 0 Å². The van der Waals surface area contributed by atoms with E-state index in [9.17, 15) is 13.6 Å². The van der Waals surface area contributed by atoms with Crippen LogP contribution in [0.3, 0.4) is 0 Å². The first kappa shape index (κ1) is 21.1. The Labute approximate surface area is 172 Å². The van der Waals surface area contributed by atoms with E-state index in [1.54, 1.807) is 24.3 Å². The van der Waals surface area contributed by atoms with Crippen molar-refractivity contribution >= 4 is 17.4 Å². The number of anilines is 2. The lowest BCUT2D eigenvalue weighted by Crippen LogP contribution is -2.08. The second-order valence-corrected chi connectivity index (χ2v) is 6.31. The van der Waals surface area contributed by atoms with Crippen LogP contribution in [0.1, 0.15) is 12.5 Å². The van der Waals surface area contributed by atoms with Crippen LogP contribution in [0, 0.1) is 11.6 Å². The summed E-state index contributed by atoms with van der Waals surface area (Å²) < 4.78 is 37.4. The van der Waals surface area contributed by atoms with Gasteiger partial charge in [0.2, 0.25) is 11.8 Å². The quantitative estimate of drug-likeness (QED) is 0.404. The second kappa shape index (κ2) is 10.3. The summed E-state index contributed by atoms with van der Waals surface area (Å²) in [5.41, 5.74) is 1.35. The van der Waals surface area contributed by atoms with Gasteiger partial charge in [0.25, 0.3) is 0 Å². The summed E-state index contributed by atoms with van der Waals surface area (Å²) >= 11 is 0. The Balaban J connectivity index is 1.43. The highest BCUT2D eigenvalue weighted by Gasteiger charge is 2.04. The number of carbonyl (C=O) groups is 1. The van der Waals surface area contributed by atoms with Crippen molar-refractivity contribution < 1.29 is 23.0 Å². The molecule has 1 heterocycles. The van der Waals surface area contributed by atoms with Gasteiger partial charge >= 0.3 is 0 Å². The molecule has 0 spiro atoms. The Bertz CT molecular complexity index is 980. The zero-order valence-electron chi connectivity index (χ0n) is 16.2. The first-order valence-corrected chi connectivity index (χ1v) is 9.12. The molecule has 3 rings (SSSR count). The third-order valence-electron chi connectivity index (χ3n) is 3.86. The number of hydrogen-bond acceptors (Lipinski definition) is 6. The van der Waals surface area contributed by atoms with Gasteiger partial charge in [-0.05, 0) is 48.4 Å². The number of carbonyl (C=O) groups excluding carboxylic acids is 1. The van der Waals surface area contributed by atoms with Crippen molar-refractivity contribution in [1.29, 1.82) is 0 Å². The van der Waals surface area contributed by atoms with Crippen molar-refractivity contribution in [2.24, 2.45) is 0 Å². The van der Waals surface area contributed by atoms with Crippen molar-refractivity contribution in [3.63, 3.8) is 0 Å². The van der Waals surface area contributed by atoms with Gasteiger partial charge in [-0.3, -0.25) is 4.79 Å². The van der Waals surface area contributed by atoms with Crippen molar-refractivity contribution in [2.45, 2.75) is 13.3 Å². The van der Waals surface area contributed by atoms with Crippen LogP contribution in [0.5, 0.6) is 11.6 Å². The second-order valence-electron chi connectivity index (χ2n) is 6.31. The zero-order chi connectivity index (χ0) is 21.3. The average Bonchev–Trinajstić information content (AvgIpc) is 2.68. The molecule has 1 amide bonds. The van der Waals surface area contributed by atoms with Gasteiger partial charge in [-0.2, -0.15) is 0 Å². The molecule has 1 aromatic heterocycles. The van der Waals surface area contributed by atoms with E-state index in [0.717, 1.165) is 11.8 Å². The summed E-state index contributed by atoms with van der Waals surface area (Å²) in [6, 6.07) is 12.0. The Morgan fingerprint density at radius 3 is 2.47 bits per heavy atom. The predicted molar refractivity (Wildman–Crippen MR) is 107 cm³/mol. The lowest BCUT2D eigenvalue weighted by atomic mass is 10.1. The van der Waals surface area contributed by atoms with Gasteiger partial charge in [0.1, 0.15) is 36.3 Å². The summed E-state index contributed by atoms with van der Waals surface area (Å²) in [4.78, 5) is 19.0. The third-order valence-corrected chi connectivity index (χ3v) is 3.86. The van der Waals surface area contributed by atoms with Gasteiger partial charge in [0, 0.05) is 24.7 Å². The van der Waals surface area contributed by atoms with Crippen LogP contribution < -0.4 is 15.4 Å². The molecule has 7 nitrogen and oxygen atoms in total. The Morgan fingerprint density at radius 2 is 1.77 bits per heavy atom. The predicted octanol–water partition coefficient (Wildman–Crippen LogP) is 4.13. The molecule has 2 N–H and O–H groups in total. The van der Waals surface area contributed by atoms with Crippen LogP contribution >= 0.6 is 0 Å². The standard InChI is InChI=1S/C21H20F2N4O3/c1-14(28)27-20-11-21(25-12-24-20)30-19-4-2-18(3-5-19)26-13-29-7-6-15-8-16(22)10-17(23)9-15/h2-5,8-12,26H,6-7,13H2,1H3,(H,24,25,27,28). The number of benzene rings is 2. The molecule has 3 aromatic rings. The van der Waals surface area contributed by atoms with Crippen molar-refractivity contribution in [3.8, 4) is 11.6 Å². The van der Waals surface area contributed by atoms with Crippen LogP contribution in [0.15, 0.2) is 54.9 Å². The minimum absolute atomic E-state index is 0.236. The maximum atomic E-state index is 13.1. The molecular formula is C21H20F2N4O3. The molecule has 0 aliphatic carbocycles. The molecule has 0 unspecified atom stereocenters. The zero-order valence-corrected chi connectivity index (χ0v) is 16.2. The summed E-state index contributed by atoms with van der Waals surface area (Å²) in [5, 5.41) is 5.63. The monoisotopic (exact) mass is 414 g/mol. The van der Waals surface area contributed by atoms with Crippen LogP contribution in [0.4, 0.5) is 20.3 Å². The van der Waals surface area contributed by atoms with E-state index >= 15 is 0 Å². The van der Waals surface area contributed by atoms with E-state index in [-0.39, 0.29) is 12.6 Å². The molecule has 0 saturated carbocycles. The first-order chi connectivity index (χ1) is 14.5. The molecule has 2 aromatic carbocycles. The summed E-state index contributed by atoms with van der Waals surface area (Å²) in [7, 11) is 0. The fourth-order valence-corrected chi connectivity index (χ4v) is 2.56. The molecule has 0 radical (unpaired) electrons. The van der Waals surface area contributed by atoms with Crippen molar-refractivity contribution in [2.75, 3.05) is 24.0 Å². The van der Waals surface area contributed by atoms with Crippen molar-refractivity contribution in [1.82, 2.24) is 9.97 Å². The highest BCUT2D eigenvalue weighted by molar-refractivity contribution is 5.87. The van der Waals surface area contributed by atoms with E-state index in [0.29, 0.717) is 36.0 Å². The SMILES string of the molecule is CC(=O)Nc1cc(Oc2ccc(NCOCCc3cc(F)cc(F)c3)cc2)ncn1. The smallest absolute Gasteiger partial charge is 0.224 e. The topological polar surface area (TPSA) is 85.4 Å². The molecule has 0 atom stereocenters.